The Bertz CT molecular complexity index is 1560. The smallest absolute Gasteiger partial charge is 0.305 e. The summed E-state index contributed by atoms with van der Waals surface area (Å²) in [6.07, 6.45) is 0.900. The number of nitrogens with zero attached hydrogens (tertiary/aromatic N) is 1. The fourth-order valence-corrected chi connectivity index (χ4v) is 10.4. The number of thiazole rings is 1. The number of hydrogen-bond acceptors (Lipinski definition) is 7. The van der Waals surface area contributed by atoms with Crippen LogP contribution in [0.1, 0.15) is 34.8 Å². The number of benzene rings is 2. The van der Waals surface area contributed by atoms with E-state index in [0.29, 0.717) is 5.69 Å². The number of H-pyrrole nitrogens is 1. The topological polar surface area (TPSA) is 109 Å². The number of anilines is 1. The maximum Gasteiger partial charge on any atom is 0.305 e. The van der Waals surface area contributed by atoms with Crippen molar-refractivity contribution in [3.8, 4) is 5.75 Å². The number of methoxy groups -OCH3 is 1. The molecule has 10 heteroatoms. The maximum absolute atomic E-state index is 13.7. The summed E-state index contributed by atoms with van der Waals surface area (Å²) < 4.78 is 5.36. The number of aromatic nitrogens is 1. The average molecular weight is 576 g/mol. The lowest BCUT2D eigenvalue weighted by Crippen LogP contribution is -2.42. The summed E-state index contributed by atoms with van der Waals surface area (Å²) in [5.74, 6) is -0.230. The van der Waals surface area contributed by atoms with Crippen molar-refractivity contribution in [2.75, 3.05) is 19.0 Å². The quantitative estimate of drug-likeness (QED) is 0.426. The Morgan fingerprint density at radius 1 is 1.02 bits per heavy atom. The number of ether oxygens (including phenoxy) is 1. The van der Waals surface area contributed by atoms with Crippen LogP contribution in [0.4, 0.5) is 5.69 Å². The van der Waals surface area contributed by atoms with Gasteiger partial charge in [-0.1, -0.05) is 41.2 Å². The van der Waals surface area contributed by atoms with Crippen LogP contribution in [0, 0.1) is 36.5 Å². The molecule has 3 amide bonds. The van der Waals surface area contributed by atoms with Crippen LogP contribution in [0.2, 0.25) is 0 Å². The van der Waals surface area contributed by atoms with Crippen molar-refractivity contribution >= 4 is 46.5 Å². The molecule has 2 aliphatic heterocycles. The summed E-state index contributed by atoms with van der Waals surface area (Å²) in [5, 5.41) is 3.89. The lowest BCUT2D eigenvalue weighted by atomic mass is 9.68. The molecule has 3 fully saturated rings. The Morgan fingerprint density at radius 2 is 1.73 bits per heavy atom. The molecule has 2 aromatic carbocycles. The molecule has 7 unspecified atom stereocenters. The van der Waals surface area contributed by atoms with E-state index in [9.17, 15) is 19.2 Å². The fourth-order valence-electron chi connectivity index (χ4n) is 7.56. The first kappa shape index (κ1) is 25.6. The number of aromatic amines is 1. The molecule has 7 atom stereocenters. The van der Waals surface area contributed by atoms with Gasteiger partial charge in [0.1, 0.15) is 5.75 Å². The number of nitrogens with one attached hydrogen (secondary N) is 2. The molecule has 1 aromatic heterocycles. The van der Waals surface area contributed by atoms with E-state index in [-0.39, 0.29) is 76.3 Å². The highest BCUT2D eigenvalue weighted by molar-refractivity contribution is 8.00. The predicted molar refractivity (Wildman–Crippen MR) is 153 cm³/mol. The van der Waals surface area contributed by atoms with Crippen molar-refractivity contribution in [2.24, 2.45) is 29.6 Å². The van der Waals surface area contributed by atoms with E-state index in [1.54, 1.807) is 18.9 Å². The molecule has 7 rings (SSSR count). The average Bonchev–Trinajstić information content (AvgIpc) is 3.68. The van der Waals surface area contributed by atoms with E-state index >= 15 is 0 Å². The number of fused-ring (bicyclic) bond motifs is 9. The highest BCUT2D eigenvalue weighted by Gasteiger charge is 2.69. The van der Waals surface area contributed by atoms with Gasteiger partial charge in [-0.3, -0.25) is 24.1 Å². The molecule has 0 radical (unpaired) electrons. The van der Waals surface area contributed by atoms with Gasteiger partial charge in [0.2, 0.25) is 17.7 Å². The molecule has 3 heterocycles. The van der Waals surface area contributed by atoms with E-state index in [2.05, 4.69) is 22.4 Å². The van der Waals surface area contributed by atoms with Crippen molar-refractivity contribution in [2.45, 2.75) is 36.0 Å². The second-order valence-corrected chi connectivity index (χ2v) is 13.4. The fraction of sp³-hybridized carbons (Fsp3) is 0.400. The molecule has 4 aliphatic rings. The third-order valence-electron chi connectivity index (χ3n) is 9.19. The molecule has 2 aliphatic carbocycles. The van der Waals surface area contributed by atoms with E-state index in [1.807, 2.05) is 43.3 Å². The monoisotopic (exact) mass is 575 g/mol. The SMILES string of the molecule is COc1ccc(C2c3sc(=O)[nH]c3SC3C4CC(C5C(=O)N(CCC(=O)Nc6ccc(C)cc6)C(=O)C45)C23)cc1. The number of thioether (sulfide) groups is 1. The van der Waals surface area contributed by atoms with Crippen LogP contribution in [-0.4, -0.2) is 46.5 Å². The maximum atomic E-state index is 13.7. The van der Waals surface area contributed by atoms with Crippen LogP contribution in [0.3, 0.4) is 0 Å². The van der Waals surface area contributed by atoms with Gasteiger partial charge < -0.3 is 15.0 Å². The lowest BCUT2D eigenvalue weighted by Gasteiger charge is -2.43. The minimum Gasteiger partial charge on any atom is -0.497 e. The molecule has 2 bridgehead atoms. The Morgan fingerprint density at radius 3 is 2.42 bits per heavy atom. The van der Waals surface area contributed by atoms with Crippen molar-refractivity contribution in [3.63, 3.8) is 0 Å². The highest BCUT2D eigenvalue weighted by atomic mass is 32.2. The van der Waals surface area contributed by atoms with E-state index in [1.165, 1.54) is 16.2 Å². The van der Waals surface area contributed by atoms with Gasteiger partial charge in [-0.2, -0.15) is 0 Å². The summed E-state index contributed by atoms with van der Waals surface area (Å²) in [7, 11) is 1.63. The van der Waals surface area contributed by atoms with Crippen molar-refractivity contribution < 1.29 is 19.1 Å². The van der Waals surface area contributed by atoms with Gasteiger partial charge in [0, 0.05) is 34.7 Å². The standard InChI is InChI=1S/C30H29N3O5S2/c1-14-3-7-16(8-4-14)31-20(34)11-12-33-28(35)23-18-13-19(24(23)29(33)36)25-22(18)21(15-5-9-17(38-2)10-6-15)26-27(39-25)32-30(37)40-26/h3-10,18-19,21-25H,11-13H2,1-2H3,(H,31,34)(H,32,37). The Balaban J connectivity index is 1.14. The molecule has 3 aromatic rings. The Kier molecular flexibility index (Phi) is 6.16. The molecule has 0 spiro atoms. The van der Waals surface area contributed by atoms with E-state index < -0.39 is 0 Å². The van der Waals surface area contributed by atoms with Gasteiger partial charge in [-0.05, 0) is 60.9 Å². The van der Waals surface area contributed by atoms with Gasteiger partial charge in [-0.25, -0.2) is 0 Å². The zero-order chi connectivity index (χ0) is 27.7. The van der Waals surface area contributed by atoms with Gasteiger partial charge in [-0.15, -0.1) is 11.8 Å². The number of rotatable bonds is 6. The molecule has 8 nitrogen and oxygen atoms in total. The first-order valence-electron chi connectivity index (χ1n) is 13.6. The van der Waals surface area contributed by atoms with Crippen molar-refractivity contribution in [1.82, 2.24) is 9.88 Å². The summed E-state index contributed by atoms with van der Waals surface area (Å²) in [4.78, 5) is 57.7. The molecule has 2 saturated carbocycles. The molecule has 40 heavy (non-hydrogen) atoms. The summed E-state index contributed by atoms with van der Waals surface area (Å²) in [6.45, 7) is 2.07. The van der Waals surface area contributed by atoms with Gasteiger partial charge in [0.25, 0.3) is 0 Å². The van der Waals surface area contributed by atoms with Crippen LogP contribution in [0.5, 0.6) is 5.75 Å². The lowest BCUT2D eigenvalue weighted by molar-refractivity contribution is -0.141. The third-order valence-corrected chi connectivity index (χ3v) is 11.8. The second kappa shape index (κ2) is 9.62. The first-order chi connectivity index (χ1) is 19.3. The number of carbonyl (C=O) groups excluding carboxylic acids is 3. The van der Waals surface area contributed by atoms with Crippen molar-refractivity contribution in [1.29, 1.82) is 0 Å². The number of imide groups is 1. The van der Waals surface area contributed by atoms with Gasteiger partial charge in [0.15, 0.2) is 0 Å². The summed E-state index contributed by atoms with van der Waals surface area (Å²) in [5.41, 5.74) is 2.89. The minimum atomic E-state index is -0.363. The van der Waals surface area contributed by atoms with Crippen molar-refractivity contribution in [3.05, 3.63) is 74.2 Å². The third kappa shape index (κ3) is 3.95. The Labute approximate surface area is 239 Å². The molecule has 2 N–H and O–H groups in total. The number of carbonyl (C=O) groups is 3. The molecule has 1 saturated heterocycles. The van der Waals surface area contributed by atoms with Gasteiger partial charge in [0.05, 0.1) is 24.0 Å². The summed E-state index contributed by atoms with van der Waals surface area (Å²) in [6, 6.07) is 15.5. The minimum absolute atomic E-state index is 0.0238. The van der Waals surface area contributed by atoms with Crippen LogP contribution in [0.15, 0.2) is 58.4 Å². The Hall–Kier alpha value is -3.37. The molecular weight excluding hydrogens is 546 g/mol. The zero-order valence-corrected chi connectivity index (χ0v) is 23.7. The van der Waals surface area contributed by atoms with Crippen LogP contribution < -0.4 is 14.9 Å². The number of aryl methyl sites for hydroxylation is 1. The second-order valence-electron chi connectivity index (χ2n) is 11.2. The highest BCUT2D eigenvalue weighted by Crippen LogP contribution is 2.68. The van der Waals surface area contributed by atoms with Crippen LogP contribution in [0.25, 0.3) is 0 Å². The largest absolute Gasteiger partial charge is 0.497 e. The van der Waals surface area contributed by atoms with E-state index in [4.69, 9.17) is 4.74 Å². The predicted octanol–water partition coefficient (Wildman–Crippen LogP) is 4.26. The van der Waals surface area contributed by atoms with Gasteiger partial charge >= 0.3 is 4.87 Å². The molecular formula is C30H29N3O5S2. The number of amides is 3. The van der Waals surface area contributed by atoms with E-state index in [0.717, 1.165) is 33.2 Å². The zero-order valence-electron chi connectivity index (χ0n) is 22.1. The number of likely N-dealkylation sites (tertiary alicyclic amines) is 1. The molecule has 206 valence electrons. The van der Waals surface area contributed by atoms with Crippen LogP contribution in [-0.2, 0) is 14.4 Å². The normalized spacial score (nSPS) is 29.8. The first-order valence-corrected chi connectivity index (χ1v) is 15.3. The number of hydrogen-bond donors (Lipinski definition) is 2. The summed E-state index contributed by atoms with van der Waals surface area (Å²) >= 11 is 2.92. The van der Waals surface area contributed by atoms with Crippen LogP contribution >= 0.6 is 23.1 Å².